The van der Waals surface area contributed by atoms with Gasteiger partial charge in [0.2, 0.25) is 5.91 Å². The largest absolute Gasteiger partial charge is 0.353 e. The lowest BCUT2D eigenvalue weighted by atomic mass is 9.77. The van der Waals surface area contributed by atoms with Crippen molar-refractivity contribution in [1.82, 2.24) is 5.32 Å². The molecular weight excluding hydrogens is 246 g/mol. The molecule has 1 aromatic carbocycles. The molecule has 1 saturated heterocycles. The molecule has 0 unspecified atom stereocenters. The van der Waals surface area contributed by atoms with Crippen LogP contribution in [0.4, 0.5) is 0 Å². The maximum atomic E-state index is 11.9. The number of hydrogen-bond acceptors (Lipinski definition) is 1. The standard InChI is InChI=1S/C18H21NO/c20-18-16-12-6-5-11-15(16)17(19-18)13-7-4-10-14-8-2-1-3-9-14/h1-3,8-9,15-17H,5-7,11-13H2,(H,19,20)/t15-,16+,17-/m1/s1. The number of benzene rings is 1. The first kappa shape index (κ1) is 13.2. The van der Waals surface area contributed by atoms with Crippen molar-refractivity contribution in [3.05, 3.63) is 35.9 Å². The molecule has 2 fully saturated rings. The third-order valence-corrected chi connectivity index (χ3v) is 4.59. The van der Waals surface area contributed by atoms with Crippen LogP contribution in [0.3, 0.4) is 0 Å². The zero-order valence-corrected chi connectivity index (χ0v) is 11.8. The fourth-order valence-electron chi connectivity index (χ4n) is 3.56. The SMILES string of the molecule is O=C1N[C@H](CCC#Cc2ccccc2)[C@@H]2CCCC[C@H]12. The molecule has 1 aliphatic carbocycles. The average Bonchev–Trinajstić information content (AvgIpc) is 2.82. The van der Waals surface area contributed by atoms with Gasteiger partial charge in [-0.15, -0.1) is 0 Å². The topological polar surface area (TPSA) is 29.1 Å². The number of nitrogens with one attached hydrogen (secondary N) is 1. The summed E-state index contributed by atoms with van der Waals surface area (Å²) in [5.74, 6) is 7.57. The van der Waals surface area contributed by atoms with E-state index in [0.717, 1.165) is 24.8 Å². The van der Waals surface area contributed by atoms with Crippen molar-refractivity contribution in [3.63, 3.8) is 0 Å². The predicted octanol–water partition coefficient (Wildman–Crippen LogP) is 3.12. The van der Waals surface area contributed by atoms with Crippen LogP contribution in [-0.2, 0) is 4.79 Å². The Kier molecular flexibility index (Phi) is 4.06. The van der Waals surface area contributed by atoms with Crippen LogP contribution in [0.1, 0.15) is 44.1 Å². The van der Waals surface area contributed by atoms with Gasteiger partial charge in [-0.1, -0.05) is 42.9 Å². The van der Waals surface area contributed by atoms with Crippen molar-refractivity contribution in [2.75, 3.05) is 0 Å². The molecule has 20 heavy (non-hydrogen) atoms. The Balaban J connectivity index is 1.54. The molecule has 1 aliphatic heterocycles. The second kappa shape index (κ2) is 6.13. The monoisotopic (exact) mass is 267 g/mol. The van der Waals surface area contributed by atoms with Crippen molar-refractivity contribution < 1.29 is 4.79 Å². The van der Waals surface area contributed by atoms with Crippen molar-refractivity contribution in [3.8, 4) is 11.8 Å². The minimum atomic E-state index is 0.288. The second-order valence-electron chi connectivity index (χ2n) is 5.88. The van der Waals surface area contributed by atoms with Crippen LogP contribution in [0, 0.1) is 23.7 Å². The molecule has 3 rings (SSSR count). The summed E-state index contributed by atoms with van der Waals surface area (Å²) in [6.45, 7) is 0. The Hall–Kier alpha value is -1.75. The van der Waals surface area contributed by atoms with Crippen LogP contribution in [0.15, 0.2) is 30.3 Å². The van der Waals surface area contributed by atoms with E-state index >= 15 is 0 Å². The molecule has 2 heteroatoms. The van der Waals surface area contributed by atoms with Gasteiger partial charge in [-0.3, -0.25) is 4.79 Å². The minimum Gasteiger partial charge on any atom is -0.353 e. The number of carbonyl (C=O) groups is 1. The third kappa shape index (κ3) is 2.88. The van der Waals surface area contributed by atoms with E-state index in [2.05, 4.69) is 17.2 Å². The zero-order chi connectivity index (χ0) is 13.8. The normalized spacial score (nSPS) is 28.2. The molecule has 0 aromatic heterocycles. The van der Waals surface area contributed by atoms with Gasteiger partial charge >= 0.3 is 0 Å². The van der Waals surface area contributed by atoms with Gasteiger partial charge in [0, 0.05) is 23.9 Å². The van der Waals surface area contributed by atoms with Gasteiger partial charge in [0.25, 0.3) is 0 Å². The van der Waals surface area contributed by atoms with E-state index in [1.807, 2.05) is 30.3 Å². The van der Waals surface area contributed by atoms with Gasteiger partial charge in [-0.25, -0.2) is 0 Å². The number of carbonyl (C=O) groups excluding carboxylic acids is 1. The Morgan fingerprint density at radius 1 is 1.15 bits per heavy atom. The van der Waals surface area contributed by atoms with Crippen LogP contribution in [0.25, 0.3) is 0 Å². The number of hydrogen-bond donors (Lipinski definition) is 1. The van der Waals surface area contributed by atoms with Crippen LogP contribution in [0.2, 0.25) is 0 Å². The van der Waals surface area contributed by atoms with Gasteiger partial charge in [0.05, 0.1) is 0 Å². The van der Waals surface area contributed by atoms with Crippen molar-refractivity contribution in [2.24, 2.45) is 11.8 Å². The Morgan fingerprint density at radius 2 is 1.95 bits per heavy atom. The van der Waals surface area contributed by atoms with E-state index in [1.54, 1.807) is 0 Å². The maximum absolute atomic E-state index is 11.9. The number of rotatable bonds is 2. The van der Waals surface area contributed by atoms with Crippen molar-refractivity contribution >= 4 is 5.91 Å². The molecule has 1 saturated carbocycles. The van der Waals surface area contributed by atoms with Gasteiger partial charge in [0.15, 0.2) is 0 Å². The third-order valence-electron chi connectivity index (χ3n) is 4.59. The van der Waals surface area contributed by atoms with Crippen molar-refractivity contribution in [1.29, 1.82) is 0 Å². The van der Waals surface area contributed by atoms with Crippen LogP contribution >= 0.6 is 0 Å². The first-order valence-electron chi connectivity index (χ1n) is 7.69. The number of amides is 1. The lowest BCUT2D eigenvalue weighted by molar-refractivity contribution is -0.123. The quantitative estimate of drug-likeness (QED) is 0.820. The summed E-state index contributed by atoms with van der Waals surface area (Å²) < 4.78 is 0. The summed E-state index contributed by atoms with van der Waals surface area (Å²) in [6.07, 6.45) is 6.65. The first-order valence-corrected chi connectivity index (χ1v) is 7.69. The second-order valence-corrected chi connectivity index (χ2v) is 5.88. The summed E-state index contributed by atoms with van der Waals surface area (Å²) in [6, 6.07) is 10.4. The summed E-state index contributed by atoms with van der Waals surface area (Å²) in [5.41, 5.74) is 1.07. The Labute approximate surface area is 121 Å². The fraction of sp³-hybridized carbons (Fsp3) is 0.500. The van der Waals surface area contributed by atoms with E-state index in [0.29, 0.717) is 12.0 Å². The smallest absolute Gasteiger partial charge is 0.223 e. The molecule has 1 aromatic rings. The molecule has 2 nitrogen and oxygen atoms in total. The molecule has 3 atom stereocenters. The van der Waals surface area contributed by atoms with Gasteiger partial charge in [0.1, 0.15) is 0 Å². The summed E-state index contributed by atoms with van der Waals surface area (Å²) in [4.78, 5) is 11.9. The number of fused-ring (bicyclic) bond motifs is 1. The van der Waals surface area contributed by atoms with Crippen LogP contribution in [-0.4, -0.2) is 11.9 Å². The molecule has 0 radical (unpaired) electrons. The van der Waals surface area contributed by atoms with Crippen LogP contribution < -0.4 is 5.32 Å². The van der Waals surface area contributed by atoms with E-state index < -0.39 is 0 Å². The van der Waals surface area contributed by atoms with E-state index in [1.165, 1.54) is 19.3 Å². The fourth-order valence-corrected chi connectivity index (χ4v) is 3.56. The highest BCUT2D eigenvalue weighted by Gasteiger charge is 2.42. The van der Waals surface area contributed by atoms with Crippen LogP contribution in [0.5, 0.6) is 0 Å². The molecule has 1 N–H and O–H groups in total. The van der Waals surface area contributed by atoms with Gasteiger partial charge in [-0.2, -0.15) is 0 Å². The highest BCUT2D eigenvalue weighted by molar-refractivity contribution is 5.82. The van der Waals surface area contributed by atoms with E-state index in [9.17, 15) is 4.79 Å². The van der Waals surface area contributed by atoms with E-state index in [-0.39, 0.29) is 11.8 Å². The molecular formula is C18H21NO. The Morgan fingerprint density at radius 3 is 2.80 bits per heavy atom. The minimum absolute atomic E-state index is 0.288. The predicted molar refractivity (Wildman–Crippen MR) is 79.9 cm³/mol. The molecule has 104 valence electrons. The highest BCUT2D eigenvalue weighted by atomic mass is 16.2. The molecule has 0 bridgehead atoms. The van der Waals surface area contributed by atoms with Gasteiger partial charge in [-0.05, 0) is 37.3 Å². The lowest BCUT2D eigenvalue weighted by Gasteiger charge is -2.26. The highest BCUT2D eigenvalue weighted by Crippen LogP contribution is 2.37. The molecule has 2 aliphatic rings. The van der Waals surface area contributed by atoms with E-state index in [4.69, 9.17) is 0 Å². The molecule has 0 spiro atoms. The maximum Gasteiger partial charge on any atom is 0.223 e. The summed E-state index contributed by atoms with van der Waals surface area (Å²) in [7, 11) is 0. The van der Waals surface area contributed by atoms with Gasteiger partial charge < -0.3 is 5.32 Å². The summed E-state index contributed by atoms with van der Waals surface area (Å²) >= 11 is 0. The average molecular weight is 267 g/mol. The first-order chi connectivity index (χ1) is 9.84. The Bertz CT molecular complexity index is 525. The molecule has 1 amide bonds. The van der Waals surface area contributed by atoms with Crippen molar-refractivity contribution in [2.45, 2.75) is 44.6 Å². The zero-order valence-electron chi connectivity index (χ0n) is 11.8. The molecule has 1 heterocycles. The summed E-state index contributed by atoms with van der Waals surface area (Å²) in [5, 5.41) is 3.19. The lowest BCUT2D eigenvalue weighted by Crippen LogP contribution is -2.29.